The summed E-state index contributed by atoms with van der Waals surface area (Å²) in [4.78, 5) is 0. The molecule has 21 heavy (non-hydrogen) atoms. The van der Waals surface area contributed by atoms with Crippen molar-refractivity contribution >= 4 is 11.6 Å². The number of halogens is 2. The van der Waals surface area contributed by atoms with E-state index in [1.54, 1.807) is 19.2 Å². The highest BCUT2D eigenvalue weighted by molar-refractivity contribution is 6.30. The molecule has 4 heteroatoms. The highest BCUT2D eigenvalue weighted by Gasteiger charge is 2.20. The summed E-state index contributed by atoms with van der Waals surface area (Å²) in [6.07, 6.45) is 3.56. The van der Waals surface area contributed by atoms with Gasteiger partial charge in [-0.05, 0) is 57.7 Å². The third-order valence-corrected chi connectivity index (χ3v) is 4.12. The second-order valence-electron chi connectivity index (χ2n) is 6.07. The van der Waals surface area contributed by atoms with Crippen molar-refractivity contribution in [1.29, 1.82) is 0 Å². The molecule has 1 N–H and O–H groups in total. The van der Waals surface area contributed by atoms with E-state index in [2.05, 4.69) is 26.1 Å². The van der Waals surface area contributed by atoms with Gasteiger partial charge in [0, 0.05) is 13.2 Å². The van der Waals surface area contributed by atoms with Crippen molar-refractivity contribution in [2.45, 2.75) is 58.1 Å². The van der Waals surface area contributed by atoms with Gasteiger partial charge in [-0.3, -0.25) is 0 Å². The lowest BCUT2D eigenvalue weighted by Crippen LogP contribution is -2.35. The van der Waals surface area contributed by atoms with E-state index >= 15 is 0 Å². The fraction of sp³-hybridized carbons (Fsp3) is 0.647. The molecule has 1 unspecified atom stereocenters. The van der Waals surface area contributed by atoms with E-state index in [4.69, 9.17) is 16.3 Å². The molecule has 0 saturated heterocycles. The van der Waals surface area contributed by atoms with Crippen LogP contribution in [0.25, 0.3) is 0 Å². The third kappa shape index (κ3) is 6.33. The molecule has 0 spiro atoms. The Bertz CT molecular complexity index is 437. The largest absolute Gasteiger partial charge is 0.379 e. The number of ether oxygens (including phenoxy) is 1. The summed E-state index contributed by atoms with van der Waals surface area (Å²) in [7, 11) is 1.73. The van der Waals surface area contributed by atoms with Crippen LogP contribution in [-0.2, 0) is 11.2 Å². The van der Waals surface area contributed by atoms with Gasteiger partial charge < -0.3 is 10.1 Å². The minimum absolute atomic E-state index is 0.154. The van der Waals surface area contributed by atoms with Gasteiger partial charge in [0.2, 0.25) is 0 Å². The van der Waals surface area contributed by atoms with Crippen molar-refractivity contribution < 1.29 is 9.13 Å². The number of hydrogen-bond acceptors (Lipinski definition) is 2. The Morgan fingerprint density at radius 3 is 2.71 bits per heavy atom. The van der Waals surface area contributed by atoms with Crippen LogP contribution in [0.1, 0.15) is 45.6 Å². The van der Waals surface area contributed by atoms with Crippen LogP contribution in [-0.4, -0.2) is 25.3 Å². The minimum atomic E-state index is -0.298. The van der Waals surface area contributed by atoms with E-state index < -0.39 is 0 Å². The van der Waals surface area contributed by atoms with Gasteiger partial charge in [-0.15, -0.1) is 0 Å². The molecule has 0 radical (unpaired) electrons. The summed E-state index contributed by atoms with van der Waals surface area (Å²) in [6, 6.07) is 5.43. The Kier molecular flexibility index (Phi) is 7.64. The van der Waals surface area contributed by atoms with E-state index in [0.29, 0.717) is 12.0 Å². The fourth-order valence-corrected chi connectivity index (χ4v) is 2.41. The maximum atomic E-state index is 14.0. The average Bonchev–Trinajstić information content (AvgIpc) is 2.46. The summed E-state index contributed by atoms with van der Waals surface area (Å²) in [6.45, 7) is 7.21. The number of nitrogens with one attached hydrogen (secondary N) is 1. The van der Waals surface area contributed by atoms with Gasteiger partial charge in [0.05, 0.1) is 10.6 Å². The van der Waals surface area contributed by atoms with Crippen molar-refractivity contribution in [3.8, 4) is 0 Å². The van der Waals surface area contributed by atoms with Crippen LogP contribution >= 0.6 is 11.6 Å². The molecule has 0 saturated carbocycles. The molecule has 0 aliphatic carbocycles. The quantitative estimate of drug-likeness (QED) is 0.719. The molecule has 0 heterocycles. The summed E-state index contributed by atoms with van der Waals surface area (Å²) in [5.74, 6) is -0.298. The lowest BCUT2D eigenvalue weighted by Gasteiger charge is -2.26. The summed E-state index contributed by atoms with van der Waals surface area (Å²) in [5, 5.41) is 3.69. The Morgan fingerprint density at radius 2 is 2.10 bits per heavy atom. The highest BCUT2D eigenvalue weighted by Crippen LogP contribution is 2.22. The van der Waals surface area contributed by atoms with Crippen LogP contribution in [0.5, 0.6) is 0 Å². The first-order valence-corrected chi connectivity index (χ1v) is 7.99. The molecule has 1 atom stereocenters. The molecule has 0 aromatic heterocycles. The molecule has 2 nitrogen and oxygen atoms in total. The summed E-state index contributed by atoms with van der Waals surface area (Å²) < 4.78 is 19.5. The van der Waals surface area contributed by atoms with Gasteiger partial charge in [-0.2, -0.15) is 0 Å². The zero-order valence-electron chi connectivity index (χ0n) is 13.5. The second-order valence-corrected chi connectivity index (χ2v) is 6.48. The van der Waals surface area contributed by atoms with Crippen molar-refractivity contribution in [3.05, 3.63) is 34.6 Å². The molecule has 0 aliphatic rings. The van der Waals surface area contributed by atoms with Crippen molar-refractivity contribution in [2.75, 3.05) is 13.7 Å². The first kappa shape index (κ1) is 18.4. The predicted octanol–water partition coefficient (Wildman–Crippen LogP) is 4.60. The number of rotatable bonds is 9. The Hall–Kier alpha value is -0.640. The molecular formula is C17H27ClFNO. The highest BCUT2D eigenvalue weighted by atomic mass is 35.5. The normalized spacial score (nSPS) is 13.4. The van der Waals surface area contributed by atoms with Crippen LogP contribution in [0.3, 0.4) is 0 Å². The topological polar surface area (TPSA) is 21.3 Å². The first-order chi connectivity index (χ1) is 9.89. The molecule has 0 bridgehead atoms. The van der Waals surface area contributed by atoms with Crippen LogP contribution in [0, 0.1) is 5.82 Å². The zero-order valence-corrected chi connectivity index (χ0v) is 14.3. The van der Waals surface area contributed by atoms with Crippen LogP contribution < -0.4 is 5.32 Å². The molecule has 1 rings (SSSR count). The van der Waals surface area contributed by atoms with Gasteiger partial charge >= 0.3 is 0 Å². The van der Waals surface area contributed by atoms with Gasteiger partial charge in [0.25, 0.3) is 0 Å². The SMILES string of the molecule is CCCNC(CCC(C)(C)OC)Cc1cccc(Cl)c1F. The number of hydrogen-bond donors (Lipinski definition) is 1. The molecule has 0 fully saturated rings. The van der Waals surface area contributed by atoms with Crippen molar-refractivity contribution in [2.24, 2.45) is 0 Å². The smallest absolute Gasteiger partial charge is 0.145 e. The summed E-state index contributed by atoms with van der Waals surface area (Å²) >= 11 is 5.86. The van der Waals surface area contributed by atoms with Gasteiger partial charge in [0.15, 0.2) is 0 Å². The van der Waals surface area contributed by atoms with Crippen LogP contribution in [0.15, 0.2) is 18.2 Å². The van der Waals surface area contributed by atoms with E-state index in [1.807, 2.05) is 6.07 Å². The predicted molar refractivity (Wildman–Crippen MR) is 87.5 cm³/mol. The average molecular weight is 316 g/mol. The zero-order chi connectivity index (χ0) is 15.9. The van der Waals surface area contributed by atoms with Gasteiger partial charge in [-0.25, -0.2) is 4.39 Å². The van der Waals surface area contributed by atoms with E-state index in [1.165, 1.54) is 0 Å². The van der Waals surface area contributed by atoms with Crippen molar-refractivity contribution in [1.82, 2.24) is 5.32 Å². The summed E-state index contributed by atoms with van der Waals surface area (Å²) in [5.41, 5.74) is 0.519. The molecule has 1 aromatic carbocycles. The van der Waals surface area contributed by atoms with E-state index in [9.17, 15) is 4.39 Å². The Balaban J connectivity index is 2.71. The number of benzene rings is 1. The third-order valence-electron chi connectivity index (χ3n) is 3.83. The Labute approximate surface area is 133 Å². The number of methoxy groups -OCH3 is 1. The second kappa shape index (κ2) is 8.72. The molecule has 120 valence electrons. The Morgan fingerprint density at radius 1 is 1.38 bits per heavy atom. The monoisotopic (exact) mass is 315 g/mol. The molecule has 0 amide bonds. The minimum Gasteiger partial charge on any atom is -0.379 e. The van der Waals surface area contributed by atoms with Crippen LogP contribution in [0.2, 0.25) is 5.02 Å². The maximum Gasteiger partial charge on any atom is 0.145 e. The molecule has 0 aliphatic heterocycles. The van der Waals surface area contributed by atoms with Crippen LogP contribution in [0.4, 0.5) is 4.39 Å². The first-order valence-electron chi connectivity index (χ1n) is 7.61. The van der Waals surface area contributed by atoms with E-state index in [0.717, 1.165) is 25.8 Å². The fourth-order valence-electron chi connectivity index (χ4n) is 2.22. The van der Waals surface area contributed by atoms with E-state index in [-0.39, 0.29) is 22.5 Å². The maximum absolute atomic E-state index is 14.0. The van der Waals surface area contributed by atoms with Gasteiger partial charge in [-0.1, -0.05) is 30.7 Å². The molecular weight excluding hydrogens is 289 g/mol. The lowest BCUT2D eigenvalue weighted by molar-refractivity contribution is 0.0117. The molecule has 1 aromatic rings. The standard InChI is InChI=1S/C17H27ClFNO/c1-5-11-20-14(9-10-17(2,3)21-4)12-13-7-6-8-15(18)16(13)19/h6-8,14,20H,5,9-12H2,1-4H3. The van der Waals surface area contributed by atoms with Crippen molar-refractivity contribution in [3.63, 3.8) is 0 Å². The lowest BCUT2D eigenvalue weighted by atomic mass is 9.95. The van der Waals surface area contributed by atoms with Gasteiger partial charge in [0.1, 0.15) is 5.82 Å².